The number of nitrogens with one attached hydrogen (secondary N) is 2. The molecule has 120 valence electrons. The lowest BCUT2D eigenvalue weighted by Crippen LogP contribution is -2.08. The summed E-state index contributed by atoms with van der Waals surface area (Å²) in [7, 11) is 0. The first-order chi connectivity index (χ1) is 10.2. The largest absolute Gasteiger partial charge is 0.369 e. The molecule has 0 atom stereocenters. The molecule has 2 N–H and O–H groups in total. The Labute approximate surface area is 142 Å². The van der Waals surface area contributed by atoms with E-state index in [4.69, 9.17) is 23.2 Å². The number of anilines is 2. The van der Waals surface area contributed by atoms with Gasteiger partial charge in [-0.05, 0) is 37.3 Å². The highest BCUT2D eigenvalue weighted by Crippen LogP contribution is 2.29. The van der Waals surface area contributed by atoms with Gasteiger partial charge in [0.1, 0.15) is 11.6 Å². The Bertz CT molecular complexity index is 416. The number of unbranched alkanes of at least 4 members (excludes halogenated alkanes) is 3. The van der Waals surface area contributed by atoms with Gasteiger partial charge >= 0.3 is 0 Å². The topological polar surface area (TPSA) is 37.0 Å². The average Bonchev–Trinajstić information content (AvgIpc) is 2.47. The van der Waals surface area contributed by atoms with Crippen LogP contribution in [0.15, 0.2) is 6.07 Å². The molecule has 1 heterocycles. The second-order valence-corrected chi connectivity index (χ2v) is 6.71. The molecule has 0 spiro atoms. The van der Waals surface area contributed by atoms with Gasteiger partial charge in [0.2, 0.25) is 0 Å². The smallest absolute Gasteiger partial charge is 0.147 e. The number of pyridine rings is 1. The monoisotopic (exact) mass is 349 g/mol. The maximum Gasteiger partial charge on any atom is 0.147 e. The highest BCUT2D eigenvalue weighted by atomic mass is 35.5. The zero-order chi connectivity index (χ0) is 15.5. The van der Waals surface area contributed by atoms with Crippen LogP contribution in [0.2, 0.25) is 10.0 Å². The third-order valence-corrected chi connectivity index (χ3v) is 4.31. The summed E-state index contributed by atoms with van der Waals surface area (Å²) < 4.78 is 0. The third kappa shape index (κ3) is 7.48. The molecular formula is C15H25Cl2N3S. The maximum absolute atomic E-state index is 6.18. The Morgan fingerprint density at radius 3 is 2.24 bits per heavy atom. The summed E-state index contributed by atoms with van der Waals surface area (Å²) in [5, 5.41) is 7.65. The standard InChI is InChI=1S/C15H25Cl2N3S/c1-3-8-18-14-12(16)11-13(17)15(20-14)19-9-6-4-5-7-10-21-2/h11H,3-10H2,1-2H3,(H2,18,19,20). The van der Waals surface area contributed by atoms with Crippen molar-refractivity contribution >= 4 is 46.6 Å². The second kappa shape index (κ2) is 11.3. The molecule has 0 fully saturated rings. The Morgan fingerprint density at radius 1 is 1.00 bits per heavy atom. The van der Waals surface area contributed by atoms with E-state index in [1.54, 1.807) is 6.07 Å². The molecule has 0 aromatic carbocycles. The molecule has 0 radical (unpaired) electrons. The average molecular weight is 350 g/mol. The van der Waals surface area contributed by atoms with Crippen LogP contribution in [0.4, 0.5) is 11.6 Å². The minimum atomic E-state index is 0.566. The Morgan fingerprint density at radius 2 is 1.62 bits per heavy atom. The summed E-state index contributed by atoms with van der Waals surface area (Å²) in [6.07, 6.45) is 8.13. The van der Waals surface area contributed by atoms with E-state index >= 15 is 0 Å². The fourth-order valence-electron chi connectivity index (χ4n) is 1.89. The molecule has 0 aliphatic rings. The van der Waals surface area contributed by atoms with Crippen LogP contribution < -0.4 is 10.6 Å². The van der Waals surface area contributed by atoms with E-state index in [2.05, 4.69) is 28.8 Å². The van der Waals surface area contributed by atoms with Crippen LogP contribution in [0.3, 0.4) is 0 Å². The zero-order valence-electron chi connectivity index (χ0n) is 12.8. The van der Waals surface area contributed by atoms with Gasteiger partial charge in [0.25, 0.3) is 0 Å². The van der Waals surface area contributed by atoms with Gasteiger partial charge in [0, 0.05) is 13.1 Å². The first-order valence-electron chi connectivity index (χ1n) is 7.51. The van der Waals surface area contributed by atoms with Crippen LogP contribution in [0.25, 0.3) is 0 Å². The van der Waals surface area contributed by atoms with Gasteiger partial charge in [-0.1, -0.05) is 43.0 Å². The third-order valence-electron chi connectivity index (χ3n) is 3.04. The zero-order valence-corrected chi connectivity index (χ0v) is 15.2. The van der Waals surface area contributed by atoms with Gasteiger partial charge in [-0.3, -0.25) is 0 Å². The first kappa shape index (κ1) is 18.7. The summed E-state index contributed by atoms with van der Waals surface area (Å²) in [5.74, 6) is 2.67. The lowest BCUT2D eigenvalue weighted by Gasteiger charge is -2.12. The fourth-order valence-corrected chi connectivity index (χ4v) is 2.87. The molecule has 0 aliphatic carbocycles. The van der Waals surface area contributed by atoms with E-state index < -0.39 is 0 Å². The molecule has 1 aromatic rings. The van der Waals surface area contributed by atoms with E-state index in [0.29, 0.717) is 21.7 Å². The minimum Gasteiger partial charge on any atom is -0.369 e. The van der Waals surface area contributed by atoms with Crippen molar-refractivity contribution < 1.29 is 0 Å². The van der Waals surface area contributed by atoms with E-state index in [1.165, 1.54) is 25.0 Å². The Balaban J connectivity index is 2.39. The van der Waals surface area contributed by atoms with Gasteiger partial charge in [0.15, 0.2) is 0 Å². The van der Waals surface area contributed by atoms with E-state index in [-0.39, 0.29) is 0 Å². The van der Waals surface area contributed by atoms with Crippen molar-refractivity contribution in [3.63, 3.8) is 0 Å². The summed E-state index contributed by atoms with van der Waals surface area (Å²) in [5.41, 5.74) is 0. The van der Waals surface area contributed by atoms with Crippen molar-refractivity contribution in [3.8, 4) is 0 Å². The molecule has 0 amide bonds. The van der Waals surface area contributed by atoms with Crippen LogP contribution in [-0.4, -0.2) is 30.1 Å². The maximum atomic E-state index is 6.18. The highest BCUT2D eigenvalue weighted by molar-refractivity contribution is 7.98. The minimum absolute atomic E-state index is 0.566. The molecule has 6 heteroatoms. The van der Waals surface area contributed by atoms with Gasteiger partial charge in [0.05, 0.1) is 10.0 Å². The SMILES string of the molecule is CCCNc1nc(NCCCCCCSC)c(Cl)cc1Cl. The number of nitrogens with zero attached hydrogens (tertiary/aromatic N) is 1. The van der Waals surface area contributed by atoms with Gasteiger partial charge in [-0.2, -0.15) is 11.8 Å². The van der Waals surface area contributed by atoms with Crippen LogP contribution in [-0.2, 0) is 0 Å². The predicted octanol–water partition coefficient (Wildman–Crippen LogP) is 5.55. The molecular weight excluding hydrogens is 325 g/mol. The Kier molecular flexibility index (Phi) is 10.1. The van der Waals surface area contributed by atoms with Gasteiger partial charge in [-0.25, -0.2) is 4.98 Å². The van der Waals surface area contributed by atoms with E-state index in [1.807, 2.05) is 11.8 Å². The lowest BCUT2D eigenvalue weighted by atomic mass is 10.2. The second-order valence-electron chi connectivity index (χ2n) is 4.91. The van der Waals surface area contributed by atoms with E-state index in [9.17, 15) is 0 Å². The summed E-state index contributed by atoms with van der Waals surface area (Å²) >= 11 is 14.2. The molecule has 1 rings (SSSR count). The number of thioether (sulfide) groups is 1. The molecule has 0 saturated carbocycles. The molecule has 0 saturated heterocycles. The summed E-state index contributed by atoms with van der Waals surface area (Å²) in [6, 6.07) is 1.74. The van der Waals surface area contributed by atoms with Crippen molar-refractivity contribution in [1.29, 1.82) is 0 Å². The lowest BCUT2D eigenvalue weighted by molar-refractivity contribution is 0.688. The van der Waals surface area contributed by atoms with Crippen molar-refractivity contribution in [2.45, 2.75) is 39.0 Å². The normalized spacial score (nSPS) is 10.7. The predicted molar refractivity (Wildman–Crippen MR) is 98.4 cm³/mol. The molecule has 0 bridgehead atoms. The van der Waals surface area contributed by atoms with Crippen LogP contribution in [0, 0.1) is 0 Å². The van der Waals surface area contributed by atoms with Crippen LogP contribution in [0.1, 0.15) is 39.0 Å². The van der Waals surface area contributed by atoms with Crippen molar-refractivity contribution in [3.05, 3.63) is 16.1 Å². The number of hydrogen-bond donors (Lipinski definition) is 2. The first-order valence-corrected chi connectivity index (χ1v) is 9.66. The molecule has 21 heavy (non-hydrogen) atoms. The van der Waals surface area contributed by atoms with Crippen LogP contribution in [0.5, 0.6) is 0 Å². The molecule has 3 nitrogen and oxygen atoms in total. The van der Waals surface area contributed by atoms with Crippen molar-refractivity contribution in [1.82, 2.24) is 4.98 Å². The van der Waals surface area contributed by atoms with Crippen molar-refractivity contribution in [2.24, 2.45) is 0 Å². The molecule has 0 unspecified atom stereocenters. The molecule has 0 aliphatic heterocycles. The van der Waals surface area contributed by atoms with Crippen LogP contribution >= 0.6 is 35.0 Å². The quantitative estimate of drug-likeness (QED) is 0.513. The van der Waals surface area contributed by atoms with Gasteiger partial charge < -0.3 is 10.6 Å². The highest BCUT2D eigenvalue weighted by Gasteiger charge is 2.08. The Hall–Kier alpha value is -0.320. The summed E-state index contributed by atoms with van der Waals surface area (Å²) in [4.78, 5) is 4.47. The number of rotatable bonds is 11. The number of aromatic nitrogens is 1. The van der Waals surface area contributed by atoms with E-state index in [0.717, 1.165) is 25.9 Å². The number of halogens is 2. The summed E-state index contributed by atoms with van der Waals surface area (Å²) in [6.45, 7) is 3.84. The van der Waals surface area contributed by atoms with Gasteiger partial charge in [-0.15, -0.1) is 0 Å². The number of hydrogen-bond acceptors (Lipinski definition) is 4. The fraction of sp³-hybridized carbons (Fsp3) is 0.667. The van der Waals surface area contributed by atoms with Crippen molar-refractivity contribution in [2.75, 3.05) is 35.7 Å². The molecule has 1 aromatic heterocycles.